The molecule has 0 radical (unpaired) electrons. The molecule has 1 aromatic heterocycles. The van der Waals surface area contributed by atoms with Crippen LogP contribution < -0.4 is 30.7 Å². The molecule has 7 rings (SSSR count). The largest absolute Gasteiger partial charge is 0.506 e. The lowest BCUT2D eigenvalue weighted by Gasteiger charge is -2.36. The summed E-state index contributed by atoms with van der Waals surface area (Å²) in [5.41, 5.74) is 3.63. The summed E-state index contributed by atoms with van der Waals surface area (Å²) in [6, 6.07) is 15.6. The molecule has 1 atom stereocenters. The van der Waals surface area contributed by atoms with Crippen molar-refractivity contribution in [3.05, 3.63) is 88.1 Å². The van der Waals surface area contributed by atoms with E-state index in [4.69, 9.17) is 0 Å². The van der Waals surface area contributed by atoms with Gasteiger partial charge in [0.25, 0.3) is 5.91 Å². The van der Waals surface area contributed by atoms with Gasteiger partial charge in [-0.2, -0.15) is 0 Å². The number of hydrogen-bond donors (Lipinski definition) is 7. The molecule has 2 saturated heterocycles. The number of benzene rings is 4. The van der Waals surface area contributed by atoms with Crippen LogP contribution in [0.1, 0.15) is 30.0 Å². The Hall–Kier alpha value is -5.91. The van der Waals surface area contributed by atoms with E-state index in [1.54, 1.807) is 31.3 Å². The van der Waals surface area contributed by atoms with Crippen LogP contribution in [0, 0.1) is 12.7 Å². The van der Waals surface area contributed by atoms with Gasteiger partial charge >= 0.3 is 5.69 Å². The predicted molar refractivity (Wildman–Crippen MR) is 189 cm³/mol. The van der Waals surface area contributed by atoms with Crippen LogP contribution in [0.15, 0.2) is 65.5 Å². The Labute approximate surface area is 290 Å². The number of phenols is 1. The standard InChI is InChI=1S/C34H32FN7O8S/c1-17-11-18(3-7-23(17)36-21-5-8-24-26(15-21)40(2)34(48)42(24)25-9-10-28(44)38-33(25)47)12-29(45)37-20-4-6-22-19(13-20)14-27(43)32(31(22)35)41-16-30(46)39-51(41,49)50/h3-8,11,13-15,25,36,43,49-50H,9-10,12,16H2,1-2H3,(H,37,45)(H,39,46)(H,38,44,47). The monoisotopic (exact) mass is 717 g/mol. The van der Waals surface area contributed by atoms with Gasteiger partial charge in [-0.05, 0) is 89.4 Å². The predicted octanol–water partition coefficient (Wildman–Crippen LogP) is 4.07. The summed E-state index contributed by atoms with van der Waals surface area (Å²) >= 11 is 0. The second-order valence-electron chi connectivity index (χ2n) is 12.5. The van der Waals surface area contributed by atoms with Crippen molar-refractivity contribution in [1.29, 1.82) is 0 Å². The second-order valence-corrected chi connectivity index (χ2v) is 14.1. The average Bonchev–Trinajstić information content (AvgIpc) is 3.47. The molecule has 5 aromatic rings. The number of anilines is 4. The molecular weight excluding hydrogens is 685 g/mol. The van der Waals surface area contributed by atoms with E-state index in [9.17, 15) is 38.2 Å². The number of aryl methyl sites for hydroxylation is 2. The number of nitrogens with zero attached hydrogens (tertiary/aromatic N) is 3. The fourth-order valence-corrected chi connectivity index (χ4v) is 7.72. The zero-order valence-corrected chi connectivity index (χ0v) is 28.0. The zero-order chi connectivity index (χ0) is 36.4. The molecule has 0 spiro atoms. The maximum atomic E-state index is 15.5. The summed E-state index contributed by atoms with van der Waals surface area (Å²) < 4.78 is 41.3. The molecule has 4 amide bonds. The number of carbonyl (C=O) groups is 4. The highest BCUT2D eigenvalue weighted by atomic mass is 32.3. The van der Waals surface area contributed by atoms with Crippen LogP contribution in [0.25, 0.3) is 21.8 Å². The van der Waals surface area contributed by atoms with Crippen LogP contribution in [0.5, 0.6) is 5.75 Å². The van der Waals surface area contributed by atoms with Gasteiger partial charge in [0, 0.05) is 35.9 Å². The number of phenolic OH excluding ortho intramolecular Hbond substituents is 1. The lowest BCUT2D eigenvalue weighted by atomic mass is 10.1. The van der Waals surface area contributed by atoms with Gasteiger partial charge in [-0.25, -0.2) is 18.2 Å². The number of halogens is 1. The van der Waals surface area contributed by atoms with E-state index in [0.717, 1.165) is 16.8 Å². The van der Waals surface area contributed by atoms with Gasteiger partial charge in [-0.3, -0.25) is 42.7 Å². The quantitative estimate of drug-likeness (QED) is 0.120. The summed E-state index contributed by atoms with van der Waals surface area (Å²) in [5, 5.41) is 19.2. The number of amides is 4. The van der Waals surface area contributed by atoms with E-state index < -0.39 is 52.6 Å². The van der Waals surface area contributed by atoms with Crippen LogP contribution in [0.4, 0.5) is 27.1 Å². The summed E-state index contributed by atoms with van der Waals surface area (Å²) in [6.45, 7) is 1.33. The van der Waals surface area contributed by atoms with Crippen molar-refractivity contribution in [1.82, 2.24) is 19.2 Å². The third-order valence-corrected chi connectivity index (χ3v) is 10.4. The molecule has 3 heterocycles. The maximum absolute atomic E-state index is 15.5. The van der Waals surface area contributed by atoms with Gasteiger partial charge in [-0.1, -0.05) is 12.1 Å². The SMILES string of the molecule is Cc1cc(CC(=O)Nc2ccc3c(F)c(N4CC(=O)NS4(O)O)c(O)cc3c2)ccc1Nc1ccc2c(c1)n(C)c(=O)n2C1CCC(=O)NC1=O. The van der Waals surface area contributed by atoms with Crippen molar-refractivity contribution in [2.24, 2.45) is 7.05 Å². The summed E-state index contributed by atoms with van der Waals surface area (Å²) in [6.07, 6.45) is 0.408. The minimum atomic E-state index is -3.85. The zero-order valence-electron chi connectivity index (χ0n) is 27.2. The van der Waals surface area contributed by atoms with Crippen molar-refractivity contribution in [2.75, 3.05) is 21.5 Å². The first-order chi connectivity index (χ1) is 24.2. The Bertz CT molecular complexity index is 2390. The summed E-state index contributed by atoms with van der Waals surface area (Å²) in [7, 11) is -2.23. The maximum Gasteiger partial charge on any atom is 0.329 e. The molecule has 17 heteroatoms. The minimum absolute atomic E-state index is 0.0213. The van der Waals surface area contributed by atoms with E-state index in [1.807, 2.05) is 23.8 Å². The van der Waals surface area contributed by atoms with Crippen LogP contribution in [-0.4, -0.2) is 53.5 Å². The minimum Gasteiger partial charge on any atom is -0.506 e. The van der Waals surface area contributed by atoms with E-state index in [-0.39, 0.29) is 47.5 Å². The van der Waals surface area contributed by atoms with Crippen LogP contribution in [0.2, 0.25) is 0 Å². The number of piperidine rings is 1. The lowest BCUT2D eigenvalue weighted by Crippen LogP contribution is -2.44. The van der Waals surface area contributed by atoms with E-state index in [2.05, 4.69) is 16.0 Å². The van der Waals surface area contributed by atoms with Crippen LogP contribution >= 0.6 is 11.0 Å². The summed E-state index contributed by atoms with van der Waals surface area (Å²) in [5.74, 6) is -3.52. The van der Waals surface area contributed by atoms with Crippen molar-refractivity contribution >= 4 is 79.1 Å². The first kappa shape index (κ1) is 33.6. The van der Waals surface area contributed by atoms with Gasteiger partial charge in [-0.15, -0.1) is 0 Å². The molecule has 4 aromatic carbocycles. The van der Waals surface area contributed by atoms with Crippen LogP contribution in [-0.2, 0) is 32.6 Å². The molecule has 2 fully saturated rings. The average molecular weight is 718 g/mol. The number of rotatable bonds is 7. The fraction of sp³-hybridized carbons (Fsp3) is 0.206. The highest BCUT2D eigenvalue weighted by molar-refractivity contribution is 8.24. The molecule has 15 nitrogen and oxygen atoms in total. The number of aromatic nitrogens is 2. The molecule has 51 heavy (non-hydrogen) atoms. The third kappa shape index (κ3) is 6.11. The fourth-order valence-electron chi connectivity index (χ4n) is 6.51. The molecule has 1 unspecified atom stereocenters. The van der Waals surface area contributed by atoms with Gasteiger partial charge < -0.3 is 15.7 Å². The van der Waals surface area contributed by atoms with Gasteiger partial charge in [0.2, 0.25) is 17.7 Å². The topological polar surface area (TPSA) is 207 Å². The van der Waals surface area contributed by atoms with Gasteiger partial charge in [0.1, 0.15) is 24.0 Å². The van der Waals surface area contributed by atoms with Crippen molar-refractivity contribution in [2.45, 2.75) is 32.2 Å². The number of aromatic hydroxyl groups is 1. The lowest BCUT2D eigenvalue weighted by molar-refractivity contribution is -0.135. The van der Waals surface area contributed by atoms with Gasteiger partial charge in [0.15, 0.2) is 5.82 Å². The Balaban J connectivity index is 1.04. The van der Waals surface area contributed by atoms with E-state index in [0.29, 0.717) is 26.7 Å². The number of carbonyl (C=O) groups excluding carboxylic acids is 4. The first-order valence-corrected chi connectivity index (χ1v) is 17.2. The molecule has 2 aliphatic rings. The number of imidazole rings is 1. The molecular formula is C34H32FN7O8S. The third-order valence-electron chi connectivity index (χ3n) is 8.95. The molecule has 0 bridgehead atoms. The summed E-state index contributed by atoms with van der Waals surface area (Å²) in [4.78, 5) is 61.9. The number of hydrogen-bond acceptors (Lipinski definition) is 10. The Morgan fingerprint density at radius 1 is 0.980 bits per heavy atom. The van der Waals surface area contributed by atoms with Crippen LogP contribution in [0.3, 0.4) is 0 Å². The highest BCUT2D eigenvalue weighted by Crippen LogP contribution is 2.50. The smallest absolute Gasteiger partial charge is 0.329 e. The van der Waals surface area contributed by atoms with Crippen molar-refractivity contribution in [3.8, 4) is 5.75 Å². The first-order valence-electron chi connectivity index (χ1n) is 15.7. The molecule has 0 saturated carbocycles. The number of fused-ring (bicyclic) bond motifs is 2. The Morgan fingerprint density at radius 3 is 2.45 bits per heavy atom. The Morgan fingerprint density at radius 2 is 1.75 bits per heavy atom. The van der Waals surface area contributed by atoms with Gasteiger partial charge in [0.05, 0.1) is 17.5 Å². The Kier molecular flexibility index (Phi) is 8.20. The number of imide groups is 1. The van der Waals surface area contributed by atoms with Crippen molar-refractivity contribution in [3.63, 3.8) is 0 Å². The highest BCUT2D eigenvalue weighted by Gasteiger charge is 2.38. The molecule has 264 valence electrons. The van der Waals surface area contributed by atoms with E-state index in [1.165, 1.54) is 33.4 Å². The normalized spacial score (nSPS) is 17.8. The number of nitrogens with one attached hydrogen (secondary N) is 4. The van der Waals surface area contributed by atoms with E-state index >= 15 is 4.39 Å². The molecule has 2 aliphatic heterocycles. The molecule has 0 aliphatic carbocycles. The van der Waals surface area contributed by atoms with Crippen molar-refractivity contribution < 1.29 is 37.8 Å². The molecule has 7 N–H and O–H groups in total. The second kappa shape index (κ2) is 12.4.